The van der Waals surface area contributed by atoms with Crippen LogP contribution in [-0.4, -0.2) is 19.2 Å². The average molecular weight is 414 g/mol. The maximum atomic E-state index is 3.03. The summed E-state index contributed by atoms with van der Waals surface area (Å²) in [6.45, 7) is 27.1. The predicted molar refractivity (Wildman–Crippen MR) is 93.4 cm³/mol. The van der Waals surface area contributed by atoms with E-state index in [-0.39, 0.29) is 44.2 Å². The molecule has 0 radical (unpaired) electrons. The summed E-state index contributed by atoms with van der Waals surface area (Å²) in [7, 11) is -2.46. The van der Waals surface area contributed by atoms with E-state index in [4.69, 9.17) is 0 Å². The van der Waals surface area contributed by atoms with Crippen molar-refractivity contribution in [2.45, 2.75) is 73.9 Å². The average Bonchev–Trinajstić information content (AvgIpc) is 2.35. The van der Waals surface area contributed by atoms with Crippen molar-refractivity contribution in [1.82, 2.24) is 2.71 Å². The number of allylic oxidation sites excluding steroid dienone is 4. The molecule has 1 rings (SSSR count). The molecule has 0 spiro atoms. The van der Waals surface area contributed by atoms with E-state index in [1.807, 2.05) is 0 Å². The van der Waals surface area contributed by atoms with Gasteiger partial charge in [-0.05, 0) is 0 Å². The maximum absolute atomic E-state index is 3.03. The van der Waals surface area contributed by atoms with E-state index >= 15 is 0 Å². The largest absolute Gasteiger partial charge is 1.00 e. The normalized spacial score (nSPS) is 18.2. The molecule has 0 heterocycles. The van der Waals surface area contributed by atoms with E-state index < -0.39 is 16.5 Å². The molecule has 0 saturated heterocycles. The van der Waals surface area contributed by atoms with Gasteiger partial charge in [0.15, 0.2) is 0 Å². The third-order valence-electron chi connectivity index (χ3n) is 4.63. The zero-order chi connectivity index (χ0) is 16.1. The molecule has 1 aliphatic carbocycles. The summed E-state index contributed by atoms with van der Waals surface area (Å²) in [5.74, 6) is 0. The van der Waals surface area contributed by atoms with Crippen LogP contribution in [0.2, 0.25) is 39.3 Å². The zero-order valence-electron chi connectivity index (χ0n) is 16.2. The molecule has 0 bridgehead atoms. The van der Waals surface area contributed by atoms with Crippen LogP contribution < -0.4 is 24.8 Å². The van der Waals surface area contributed by atoms with Crippen molar-refractivity contribution in [2.75, 3.05) is 0 Å². The van der Waals surface area contributed by atoms with Crippen LogP contribution in [0.5, 0.6) is 0 Å². The van der Waals surface area contributed by atoms with Crippen molar-refractivity contribution >= 4 is 16.5 Å². The molecule has 0 aromatic rings. The Labute approximate surface area is 162 Å². The van der Waals surface area contributed by atoms with Crippen LogP contribution in [0.3, 0.4) is 0 Å². The summed E-state index contributed by atoms with van der Waals surface area (Å²) < 4.78 is 4.82. The van der Waals surface area contributed by atoms with Crippen LogP contribution in [0, 0.1) is 5.41 Å². The van der Waals surface area contributed by atoms with E-state index in [0.717, 1.165) is 0 Å². The topological polar surface area (TPSA) is 3.24 Å². The molecular weight excluding hydrogens is 381 g/mol. The number of hydrogen-bond donors (Lipinski definition) is 0. The minimum Gasteiger partial charge on any atom is -1.00 e. The van der Waals surface area contributed by atoms with Crippen molar-refractivity contribution < 1.29 is 44.2 Å². The molecule has 0 unspecified atom stereocenters. The third kappa shape index (κ3) is 5.08. The minimum atomic E-state index is -1.23. The second-order valence-corrected chi connectivity index (χ2v) is 21.9. The van der Waals surface area contributed by atoms with Crippen molar-refractivity contribution in [2.24, 2.45) is 5.41 Å². The van der Waals surface area contributed by atoms with Gasteiger partial charge < -0.3 is 24.8 Å². The Morgan fingerprint density at radius 3 is 1.36 bits per heavy atom. The summed E-state index contributed by atoms with van der Waals surface area (Å²) in [6.07, 6.45) is 0. The van der Waals surface area contributed by atoms with Gasteiger partial charge in [0.2, 0.25) is 0 Å². The van der Waals surface area contributed by atoms with Gasteiger partial charge in [-0.1, -0.05) is 0 Å². The van der Waals surface area contributed by atoms with Gasteiger partial charge in [-0.15, -0.1) is 0 Å². The first-order chi connectivity index (χ1) is 8.70. The molecule has 0 aromatic carbocycles. The van der Waals surface area contributed by atoms with Gasteiger partial charge in [-0.25, -0.2) is 0 Å². The molecule has 0 amide bonds. The molecule has 1 nitrogen and oxygen atoms in total. The first kappa shape index (κ1) is 25.4. The Morgan fingerprint density at radius 1 is 0.773 bits per heavy atom. The van der Waals surface area contributed by atoms with Crippen molar-refractivity contribution in [3.05, 3.63) is 20.6 Å². The molecule has 0 atom stereocenters. The van der Waals surface area contributed by atoms with Crippen molar-refractivity contribution in [3.63, 3.8) is 0 Å². The van der Waals surface area contributed by atoms with E-state index in [2.05, 4.69) is 76.6 Å². The molecule has 0 fully saturated rings. The Morgan fingerprint density at radius 2 is 1.14 bits per heavy atom. The number of halogens is 2. The van der Waals surface area contributed by atoms with Crippen LogP contribution in [0.1, 0.15) is 34.6 Å². The summed E-state index contributed by atoms with van der Waals surface area (Å²) in [4.78, 5) is 0. The molecule has 0 aromatic heterocycles. The van der Waals surface area contributed by atoms with Crippen LogP contribution in [0.25, 0.3) is 0 Å². The van der Waals surface area contributed by atoms with Gasteiger partial charge in [0, 0.05) is 0 Å². The van der Waals surface area contributed by atoms with Gasteiger partial charge in [-0.3, -0.25) is 0 Å². The van der Waals surface area contributed by atoms with Gasteiger partial charge in [0.25, 0.3) is 0 Å². The summed E-state index contributed by atoms with van der Waals surface area (Å²) in [5, 5.41) is 0. The second-order valence-electron chi connectivity index (χ2n) is 8.66. The molecule has 6 heteroatoms. The van der Waals surface area contributed by atoms with Crippen LogP contribution in [0.15, 0.2) is 20.6 Å². The smallest absolute Gasteiger partial charge is 1.00 e. The van der Waals surface area contributed by atoms with Crippen molar-refractivity contribution in [1.29, 1.82) is 0 Å². The van der Waals surface area contributed by atoms with Crippen molar-refractivity contribution in [3.8, 4) is 0 Å². The summed E-state index contributed by atoms with van der Waals surface area (Å²) in [5.41, 5.74) is 5.06. The third-order valence-corrected chi connectivity index (χ3v) is 20.8. The van der Waals surface area contributed by atoms with Crippen LogP contribution in [-0.2, 0) is 19.4 Å². The number of nitrogens with zero attached hydrogens (tertiary/aromatic N) is 1. The molecule has 1 aliphatic rings. The van der Waals surface area contributed by atoms with Crippen LogP contribution >= 0.6 is 0 Å². The maximum Gasteiger partial charge on any atom is -1.00 e. The second kappa shape index (κ2) is 8.03. The number of hydrogen-bond acceptors (Lipinski definition) is 1. The van der Waals surface area contributed by atoms with Gasteiger partial charge in [-0.2, -0.15) is 0 Å². The fourth-order valence-electron chi connectivity index (χ4n) is 3.27. The van der Waals surface area contributed by atoms with Gasteiger partial charge in [0.1, 0.15) is 0 Å². The Balaban J connectivity index is 0. The number of rotatable bonds is 4. The fraction of sp³-hybridized carbons (Fsp3) is 0.750. The molecule has 0 aliphatic heterocycles. The molecule has 128 valence electrons. The standard InChI is InChI=1S/C10H15.C6H18NSi2.2ClH.Ti/c1-7-6-10(4,5)9(3)8(7)2;1-8(2,3)7-9(4,5)6;;;/h1-5H3;1-6H3;2*1H;/q;-1;;;+3/p-2. The van der Waals surface area contributed by atoms with E-state index in [9.17, 15) is 0 Å². The monoisotopic (exact) mass is 413 g/mol. The van der Waals surface area contributed by atoms with Gasteiger partial charge in [0.05, 0.1) is 0 Å². The molecular formula is C16H33Cl2NSi2Ti. The summed E-state index contributed by atoms with van der Waals surface area (Å²) in [6, 6.07) is 0. The molecule has 0 N–H and O–H groups in total. The zero-order valence-corrected chi connectivity index (χ0v) is 21.3. The quantitative estimate of drug-likeness (QED) is 0.567. The van der Waals surface area contributed by atoms with E-state index in [0.29, 0.717) is 5.41 Å². The summed E-state index contributed by atoms with van der Waals surface area (Å²) >= 11 is -0.176. The van der Waals surface area contributed by atoms with Gasteiger partial charge >= 0.3 is 139 Å². The predicted octanol–water partition coefficient (Wildman–Crippen LogP) is -0.386. The molecule has 0 saturated carbocycles. The minimum absolute atomic E-state index is 0. The van der Waals surface area contributed by atoms with Crippen LogP contribution in [0.4, 0.5) is 0 Å². The Hall–Kier alpha value is 1.17. The fourth-order valence-corrected chi connectivity index (χ4v) is 17.7. The molecule has 22 heavy (non-hydrogen) atoms. The first-order valence-corrected chi connectivity index (χ1v) is 16.0. The van der Waals surface area contributed by atoms with E-state index in [1.165, 1.54) is 0 Å². The first-order valence-electron chi connectivity index (χ1n) is 7.67. The van der Waals surface area contributed by atoms with E-state index in [1.54, 1.807) is 20.6 Å². The Bertz CT molecular complexity index is 458. The Kier molecular flexibility index (Phi) is 9.28. The SMILES string of the molecule is CC1=C(C)C(C)(C)[C]([Ti+2][N]([Si](C)(C)C)[Si](C)(C)C)=C1C.[Cl-].[Cl-].